The maximum atomic E-state index is 2.26. The first kappa shape index (κ1) is 10.7. The zero-order valence-electron chi connectivity index (χ0n) is 9.03. The molecule has 15 heavy (non-hydrogen) atoms. The van der Waals surface area contributed by atoms with Crippen LogP contribution in [0.3, 0.4) is 0 Å². The summed E-state index contributed by atoms with van der Waals surface area (Å²) in [6.45, 7) is 4.27. The van der Waals surface area contributed by atoms with Crippen molar-refractivity contribution in [3.8, 4) is 0 Å². The van der Waals surface area contributed by atoms with Gasteiger partial charge < -0.3 is 0 Å². The molecular formula is C14H14Te. The van der Waals surface area contributed by atoms with Crippen molar-refractivity contribution in [2.24, 2.45) is 0 Å². The number of hydrogen-bond donors (Lipinski definition) is 0. The molecule has 0 aliphatic rings. The minimum absolute atomic E-state index is 0.183. The van der Waals surface area contributed by atoms with Crippen LogP contribution < -0.4 is 7.22 Å². The standard InChI is InChI=1S/C14H14Te/c1-11-3-7-13(8-4-11)15-14-9-5-12(2)6-10-14/h3-10H,1-2H3. The Labute approximate surface area is 101 Å². The normalized spacial score (nSPS) is 10.3. The van der Waals surface area contributed by atoms with Crippen molar-refractivity contribution in [3.05, 3.63) is 59.7 Å². The van der Waals surface area contributed by atoms with E-state index in [0.717, 1.165) is 0 Å². The number of hydrogen-bond acceptors (Lipinski definition) is 0. The molecule has 0 amide bonds. The molecule has 2 aromatic carbocycles. The molecule has 0 saturated heterocycles. The Kier molecular flexibility index (Phi) is 3.46. The third kappa shape index (κ3) is 3.09. The summed E-state index contributed by atoms with van der Waals surface area (Å²) in [5.74, 6) is 0. The summed E-state index contributed by atoms with van der Waals surface area (Å²) in [5, 5.41) is 0. The molecular weight excluding hydrogens is 296 g/mol. The van der Waals surface area contributed by atoms with Gasteiger partial charge in [-0.05, 0) is 0 Å². The summed E-state index contributed by atoms with van der Waals surface area (Å²) < 4.78 is 3.02. The predicted octanol–water partition coefficient (Wildman–Crippen LogP) is 1.96. The molecule has 0 N–H and O–H groups in total. The van der Waals surface area contributed by atoms with Crippen LogP contribution in [0, 0.1) is 13.8 Å². The van der Waals surface area contributed by atoms with E-state index < -0.39 is 0 Å². The fourth-order valence-corrected chi connectivity index (χ4v) is 3.68. The molecule has 1 heteroatoms. The van der Waals surface area contributed by atoms with Gasteiger partial charge in [0.25, 0.3) is 0 Å². The van der Waals surface area contributed by atoms with E-state index in [9.17, 15) is 0 Å². The van der Waals surface area contributed by atoms with Crippen molar-refractivity contribution < 1.29 is 0 Å². The Morgan fingerprint density at radius 1 is 0.600 bits per heavy atom. The molecule has 0 bridgehead atoms. The van der Waals surface area contributed by atoms with Crippen molar-refractivity contribution in [2.45, 2.75) is 13.8 Å². The first-order valence-corrected chi connectivity index (χ1v) is 7.38. The van der Waals surface area contributed by atoms with E-state index in [2.05, 4.69) is 62.4 Å². The van der Waals surface area contributed by atoms with E-state index in [1.165, 1.54) is 18.3 Å². The first-order chi connectivity index (χ1) is 7.24. The van der Waals surface area contributed by atoms with E-state index in [1.54, 1.807) is 0 Å². The number of benzene rings is 2. The van der Waals surface area contributed by atoms with Gasteiger partial charge in [-0.2, -0.15) is 0 Å². The van der Waals surface area contributed by atoms with Crippen molar-refractivity contribution in [1.29, 1.82) is 0 Å². The summed E-state index contributed by atoms with van der Waals surface area (Å²) in [5.41, 5.74) is 2.69. The molecule has 0 aliphatic heterocycles. The van der Waals surface area contributed by atoms with Crippen molar-refractivity contribution in [1.82, 2.24) is 0 Å². The van der Waals surface area contributed by atoms with Gasteiger partial charge in [-0.15, -0.1) is 0 Å². The monoisotopic (exact) mass is 312 g/mol. The quantitative estimate of drug-likeness (QED) is 0.744. The summed E-state index contributed by atoms with van der Waals surface area (Å²) in [4.78, 5) is 0. The van der Waals surface area contributed by atoms with Gasteiger partial charge in [0.1, 0.15) is 0 Å². The van der Waals surface area contributed by atoms with Gasteiger partial charge in [0.15, 0.2) is 0 Å². The fourth-order valence-electron chi connectivity index (χ4n) is 1.35. The zero-order valence-corrected chi connectivity index (χ0v) is 11.4. The molecule has 0 atom stereocenters. The Bertz CT molecular complexity index is 382. The van der Waals surface area contributed by atoms with Crippen LogP contribution in [0.25, 0.3) is 0 Å². The molecule has 0 spiro atoms. The molecule has 0 aromatic heterocycles. The van der Waals surface area contributed by atoms with E-state index >= 15 is 0 Å². The molecule has 0 unspecified atom stereocenters. The Balaban J connectivity index is 2.15. The van der Waals surface area contributed by atoms with Crippen molar-refractivity contribution in [2.75, 3.05) is 0 Å². The van der Waals surface area contributed by atoms with Crippen LogP contribution in [0.5, 0.6) is 0 Å². The fraction of sp³-hybridized carbons (Fsp3) is 0.143. The van der Waals surface area contributed by atoms with Gasteiger partial charge in [-0.25, -0.2) is 0 Å². The molecule has 2 aromatic rings. The number of rotatable bonds is 2. The first-order valence-electron chi connectivity index (χ1n) is 5.05. The van der Waals surface area contributed by atoms with Gasteiger partial charge in [0.05, 0.1) is 0 Å². The molecule has 76 valence electrons. The minimum atomic E-state index is -0.183. The molecule has 0 heterocycles. The van der Waals surface area contributed by atoms with E-state index in [0.29, 0.717) is 0 Å². The maximum absolute atomic E-state index is 2.26. The van der Waals surface area contributed by atoms with Crippen molar-refractivity contribution in [3.63, 3.8) is 0 Å². The summed E-state index contributed by atoms with van der Waals surface area (Å²) >= 11 is -0.183. The molecule has 0 saturated carbocycles. The van der Waals surface area contributed by atoms with Crippen LogP contribution in [0.4, 0.5) is 0 Å². The Morgan fingerprint density at radius 2 is 0.933 bits per heavy atom. The average molecular weight is 310 g/mol. The topological polar surface area (TPSA) is 0 Å². The van der Waals surface area contributed by atoms with Crippen LogP contribution in [0.15, 0.2) is 48.5 Å². The van der Waals surface area contributed by atoms with Gasteiger partial charge in [-0.3, -0.25) is 0 Å². The average Bonchev–Trinajstić information content (AvgIpc) is 2.25. The van der Waals surface area contributed by atoms with Crippen molar-refractivity contribution >= 4 is 28.1 Å². The molecule has 0 fully saturated rings. The zero-order chi connectivity index (χ0) is 10.7. The van der Waals surface area contributed by atoms with Gasteiger partial charge in [0, 0.05) is 0 Å². The second-order valence-corrected chi connectivity index (χ2v) is 7.00. The molecule has 0 aliphatic carbocycles. The van der Waals surface area contributed by atoms with Gasteiger partial charge in [-0.1, -0.05) is 0 Å². The van der Waals surface area contributed by atoms with Crippen LogP contribution in [0.2, 0.25) is 0 Å². The summed E-state index contributed by atoms with van der Waals surface area (Å²) in [7, 11) is 0. The Hall–Kier alpha value is -0.770. The van der Waals surface area contributed by atoms with Gasteiger partial charge in [0.2, 0.25) is 0 Å². The van der Waals surface area contributed by atoms with E-state index in [4.69, 9.17) is 0 Å². The van der Waals surface area contributed by atoms with E-state index in [-0.39, 0.29) is 20.9 Å². The summed E-state index contributed by atoms with van der Waals surface area (Å²) in [6.07, 6.45) is 0. The molecule has 0 nitrogen and oxygen atoms in total. The predicted molar refractivity (Wildman–Crippen MR) is 67.4 cm³/mol. The third-order valence-electron chi connectivity index (χ3n) is 2.28. The van der Waals surface area contributed by atoms with Crippen LogP contribution in [0.1, 0.15) is 11.1 Å². The molecule has 0 radical (unpaired) electrons. The van der Waals surface area contributed by atoms with E-state index in [1.807, 2.05) is 0 Å². The second kappa shape index (κ2) is 4.84. The van der Waals surface area contributed by atoms with Crippen LogP contribution in [-0.2, 0) is 0 Å². The van der Waals surface area contributed by atoms with Gasteiger partial charge >= 0.3 is 102 Å². The molecule has 2 rings (SSSR count). The van der Waals surface area contributed by atoms with Crippen LogP contribution >= 0.6 is 0 Å². The summed E-state index contributed by atoms with van der Waals surface area (Å²) in [6, 6.07) is 17.9. The second-order valence-electron chi connectivity index (χ2n) is 3.73. The third-order valence-corrected chi connectivity index (χ3v) is 5.18. The number of aryl methyl sites for hydroxylation is 2. The SMILES string of the molecule is Cc1ccc([Te]c2ccc(C)cc2)cc1. The Morgan fingerprint density at radius 3 is 1.27 bits per heavy atom. The van der Waals surface area contributed by atoms with Crippen LogP contribution in [-0.4, -0.2) is 20.9 Å².